The Bertz CT molecular complexity index is 344. The fourth-order valence-corrected chi connectivity index (χ4v) is 1.38. The lowest BCUT2D eigenvalue weighted by molar-refractivity contribution is -0.393. The zero-order valence-corrected chi connectivity index (χ0v) is 9.14. The Morgan fingerprint density at radius 2 is 2.40 bits per heavy atom. The first-order chi connectivity index (χ1) is 7.08. The summed E-state index contributed by atoms with van der Waals surface area (Å²) in [6.07, 6.45) is 0.759. The Balaban J connectivity index is 2.88. The number of aromatic nitrogens is 2. The lowest BCUT2D eigenvalue weighted by atomic mass is 10.3. The van der Waals surface area contributed by atoms with Crippen molar-refractivity contribution in [2.45, 2.75) is 32.9 Å². The molecule has 1 atom stereocenters. The molecule has 0 saturated carbocycles. The number of rotatable bonds is 5. The minimum absolute atomic E-state index is 0.0167. The zero-order valence-electron chi connectivity index (χ0n) is 9.14. The third kappa shape index (κ3) is 2.76. The summed E-state index contributed by atoms with van der Waals surface area (Å²) in [4.78, 5) is 10.3. The average Bonchev–Trinajstić information content (AvgIpc) is 2.56. The molecular weight excluding hydrogens is 198 g/mol. The number of methoxy groups -OCH3 is 1. The van der Waals surface area contributed by atoms with Crippen LogP contribution in [0.1, 0.15) is 19.0 Å². The summed E-state index contributed by atoms with van der Waals surface area (Å²) in [6.45, 7) is 4.12. The van der Waals surface area contributed by atoms with Crippen molar-refractivity contribution in [1.82, 2.24) is 9.78 Å². The van der Waals surface area contributed by atoms with Crippen molar-refractivity contribution in [1.29, 1.82) is 0 Å². The first-order valence-corrected chi connectivity index (χ1v) is 4.80. The normalized spacial score (nSPS) is 12.7. The lowest BCUT2D eigenvalue weighted by Gasteiger charge is -2.09. The number of aryl methyl sites for hydroxylation is 1. The molecule has 6 heteroatoms. The van der Waals surface area contributed by atoms with Crippen molar-refractivity contribution in [2.75, 3.05) is 7.11 Å². The summed E-state index contributed by atoms with van der Waals surface area (Å²) in [7, 11) is 1.59. The summed E-state index contributed by atoms with van der Waals surface area (Å²) < 4.78 is 6.55. The highest BCUT2D eigenvalue weighted by molar-refractivity contribution is 5.22. The van der Waals surface area contributed by atoms with Gasteiger partial charge in [-0.3, -0.25) is 0 Å². The fraction of sp³-hybridized carbons (Fsp3) is 0.667. The van der Waals surface area contributed by atoms with Crippen molar-refractivity contribution in [3.63, 3.8) is 0 Å². The van der Waals surface area contributed by atoms with E-state index >= 15 is 0 Å². The predicted octanol–water partition coefficient (Wildman–Crippen LogP) is 1.52. The molecular formula is C9H15N3O3. The first kappa shape index (κ1) is 11.6. The van der Waals surface area contributed by atoms with E-state index in [4.69, 9.17) is 4.74 Å². The van der Waals surface area contributed by atoms with Crippen molar-refractivity contribution in [2.24, 2.45) is 0 Å². The van der Waals surface area contributed by atoms with Crippen LogP contribution < -0.4 is 0 Å². The van der Waals surface area contributed by atoms with Gasteiger partial charge in [0.15, 0.2) is 0 Å². The molecule has 0 bridgehead atoms. The Morgan fingerprint density at radius 3 is 2.87 bits per heavy atom. The maximum absolute atomic E-state index is 10.7. The quantitative estimate of drug-likeness (QED) is 0.549. The molecule has 84 valence electrons. The second-order valence-electron chi connectivity index (χ2n) is 3.35. The van der Waals surface area contributed by atoms with Crippen LogP contribution in [0.3, 0.4) is 0 Å². The van der Waals surface area contributed by atoms with Gasteiger partial charge in [0, 0.05) is 7.11 Å². The van der Waals surface area contributed by atoms with Crippen LogP contribution in [0.15, 0.2) is 6.07 Å². The minimum Gasteiger partial charge on any atom is -0.377 e. The molecule has 0 fully saturated rings. The van der Waals surface area contributed by atoms with E-state index in [1.165, 1.54) is 10.7 Å². The highest BCUT2D eigenvalue weighted by Crippen LogP contribution is 2.14. The maximum atomic E-state index is 10.7. The SMILES string of the molecule is CCC(Cn1nc(C)cc1[N+](=O)[O-])OC. The third-order valence-electron chi connectivity index (χ3n) is 2.23. The summed E-state index contributed by atoms with van der Waals surface area (Å²) in [6, 6.07) is 1.46. The van der Waals surface area contributed by atoms with Gasteiger partial charge in [-0.2, -0.15) is 0 Å². The van der Waals surface area contributed by atoms with Gasteiger partial charge < -0.3 is 14.9 Å². The Hall–Kier alpha value is -1.43. The van der Waals surface area contributed by atoms with E-state index in [0.717, 1.165) is 6.42 Å². The molecule has 6 nitrogen and oxygen atoms in total. The standard InChI is InChI=1S/C9H15N3O3/c1-4-8(15-3)6-11-9(12(13)14)5-7(2)10-11/h5,8H,4,6H2,1-3H3. The van der Waals surface area contributed by atoms with E-state index in [1.54, 1.807) is 14.0 Å². The number of nitro groups is 1. The van der Waals surface area contributed by atoms with Crippen LogP contribution in [-0.2, 0) is 11.3 Å². The molecule has 0 spiro atoms. The van der Waals surface area contributed by atoms with Crippen LogP contribution in [0.25, 0.3) is 0 Å². The molecule has 0 saturated heterocycles. The molecule has 0 aromatic carbocycles. The molecule has 15 heavy (non-hydrogen) atoms. The van der Waals surface area contributed by atoms with Crippen molar-refractivity contribution in [3.8, 4) is 0 Å². The van der Waals surface area contributed by atoms with Crippen molar-refractivity contribution < 1.29 is 9.66 Å². The number of ether oxygens (including phenoxy) is 1. The molecule has 0 aliphatic heterocycles. The van der Waals surface area contributed by atoms with Gasteiger partial charge in [0.1, 0.15) is 6.54 Å². The fourth-order valence-electron chi connectivity index (χ4n) is 1.38. The van der Waals surface area contributed by atoms with Crippen LogP contribution in [-0.4, -0.2) is 27.9 Å². The molecule has 1 rings (SSSR count). The molecule has 1 aromatic rings. The maximum Gasteiger partial charge on any atom is 0.345 e. The van der Waals surface area contributed by atoms with E-state index in [9.17, 15) is 10.1 Å². The second-order valence-corrected chi connectivity index (χ2v) is 3.35. The molecule has 0 N–H and O–H groups in total. The average molecular weight is 213 g/mol. The highest BCUT2D eigenvalue weighted by atomic mass is 16.6. The van der Waals surface area contributed by atoms with Crippen LogP contribution in [0.4, 0.5) is 5.82 Å². The first-order valence-electron chi connectivity index (χ1n) is 4.80. The van der Waals surface area contributed by atoms with Gasteiger partial charge in [0.25, 0.3) is 0 Å². The summed E-state index contributed by atoms with van der Waals surface area (Å²) in [5, 5.41) is 14.8. The van der Waals surface area contributed by atoms with Gasteiger partial charge >= 0.3 is 5.82 Å². The minimum atomic E-state index is -0.428. The van der Waals surface area contributed by atoms with Gasteiger partial charge in [0.2, 0.25) is 0 Å². The van der Waals surface area contributed by atoms with Crippen LogP contribution in [0.2, 0.25) is 0 Å². The molecule has 1 unspecified atom stereocenters. The number of nitrogens with zero attached hydrogens (tertiary/aromatic N) is 3. The monoisotopic (exact) mass is 213 g/mol. The number of hydrogen-bond acceptors (Lipinski definition) is 4. The topological polar surface area (TPSA) is 70.2 Å². The molecule has 0 amide bonds. The van der Waals surface area contributed by atoms with E-state index in [2.05, 4.69) is 5.10 Å². The Kier molecular flexibility index (Phi) is 3.79. The summed E-state index contributed by atoms with van der Waals surface area (Å²) in [5.74, 6) is 0.0167. The van der Waals surface area contributed by atoms with Crippen LogP contribution >= 0.6 is 0 Å². The van der Waals surface area contributed by atoms with E-state index < -0.39 is 4.92 Å². The van der Waals surface area contributed by atoms with Gasteiger partial charge in [0.05, 0.1) is 17.9 Å². The molecule has 0 aliphatic rings. The van der Waals surface area contributed by atoms with Crippen molar-refractivity contribution >= 4 is 5.82 Å². The predicted molar refractivity (Wildman–Crippen MR) is 54.7 cm³/mol. The second kappa shape index (κ2) is 4.88. The summed E-state index contributed by atoms with van der Waals surface area (Å²) in [5.41, 5.74) is 0.646. The Morgan fingerprint density at radius 1 is 1.73 bits per heavy atom. The summed E-state index contributed by atoms with van der Waals surface area (Å²) >= 11 is 0. The van der Waals surface area contributed by atoms with E-state index in [0.29, 0.717) is 12.2 Å². The largest absolute Gasteiger partial charge is 0.377 e. The van der Waals surface area contributed by atoms with E-state index in [-0.39, 0.29) is 11.9 Å². The van der Waals surface area contributed by atoms with Gasteiger partial charge in [-0.25, -0.2) is 0 Å². The van der Waals surface area contributed by atoms with Crippen molar-refractivity contribution in [3.05, 3.63) is 21.9 Å². The molecule has 0 radical (unpaired) electrons. The number of hydrogen-bond donors (Lipinski definition) is 0. The lowest BCUT2D eigenvalue weighted by Crippen LogP contribution is -2.19. The van der Waals surface area contributed by atoms with Gasteiger partial charge in [-0.05, 0) is 18.3 Å². The molecule has 1 heterocycles. The molecule has 1 aromatic heterocycles. The molecule has 0 aliphatic carbocycles. The zero-order chi connectivity index (χ0) is 11.4. The van der Waals surface area contributed by atoms with Crippen LogP contribution in [0.5, 0.6) is 0 Å². The van der Waals surface area contributed by atoms with Crippen LogP contribution in [0, 0.1) is 17.0 Å². The highest BCUT2D eigenvalue weighted by Gasteiger charge is 2.19. The van der Waals surface area contributed by atoms with Gasteiger partial charge in [-0.1, -0.05) is 12.0 Å². The van der Waals surface area contributed by atoms with E-state index in [1.807, 2.05) is 6.92 Å². The third-order valence-corrected chi connectivity index (χ3v) is 2.23. The van der Waals surface area contributed by atoms with Gasteiger partial charge in [-0.15, -0.1) is 4.68 Å². The Labute approximate surface area is 88.0 Å². The smallest absolute Gasteiger partial charge is 0.345 e.